The SMILES string of the molecule is N#CCC1NCN(CC#N)CN1CC#N. The summed E-state index contributed by atoms with van der Waals surface area (Å²) in [5, 5.41) is 28.9. The van der Waals surface area contributed by atoms with E-state index in [0.29, 0.717) is 26.3 Å². The maximum atomic E-state index is 8.63. The standard InChI is InChI=1S/C9H12N6/c10-2-1-9-13-7-14(5-3-11)8-15(9)6-4-12/h9,13H,1,5-8H2. The second-order valence-electron chi connectivity index (χ2n) is 3.27. The van der Waals surface area contributed by atoms with Gasteiger partial charge in [-0.25, -0.2) is 0 Å². The second kappa shape index (κ2) is 5.95. The fraction of sp³-hybridized carbons (Fsp3) is 0.667. The van der Waals surface area contributed by atoms with Crippen molar-refractivity contribution in [3.63, 3.8) is 0 Å². The average Bonchev–Trinajstić information content (AvgIpc) is 2.23. The maximum absolute atomic E-state index is 8.63. The lowest BCUT2D eigenvalue weighted by Crippen LogP contribution is -2.59. The van der Waals surface area contributed by atoms with Crippen LogP contribution in [-0.4, -0.2) is 42.4 Å². The first kappa shape index (κ1) is 11.4. The fourth-order valence-electron chi connectivity index (χ4n) is 1.51. The van der Waals surface area contributed by atoms with Gasteiger partial charge in [0.15, 0.2) is 0 Å². The number of nitriles is 3. The minimum atomic E-state index is -0.0791. The molecule has 0 aromatic rings. The largest absolute Gasteiger partial charge is 0.288 e. The zero-order valence-corrected chi connectivity index (χ0v) is 8.35. The summed E-state index contributed by atoms with van der Waals surface area (Å²) in [4.78, 5) is 3.73. The molecule has 1 fully saturated rings. The number of hydrogen-bond acceptors (Lipinski definition) is 6. The van der Waals surface area contributed by atoms with Gasteiger partial charge in [0.05, 0.1) is 57.2 Å². The van der Waals surface area contributed by atoms with Crippen LogP contribution in [-0.2, 0) is 0 Å². The molecule has 0 bridgehead atoms. The van der Waals surface area contributed by atoms with Gasteiger partial charge in [-0.05, 0) is 0 Å². The molecule has 0 aromatic heterocycles. The Labute approximate surface area is 88.9 Å². The number of hydrogen-bond donors (Lipinski definition) is 1. The lowest BCUT2D eigenvalue weighted by molar-refractivity contribution is 0.0350. The van der Waals surface area contributed by atoms with Gasteiger partial charge in [0.25, 0.3) is 0 Å². The third-order valence-electron chi connectivity index (χ3n) is 2.23. The van der Waals surface area contributed by atoms with Crippen molar-refractivity contribution in [2.45, 2.75) is 12.6 Å². The summed E-state index contributed by atoms with van der Waals surface area (Å²) in [5.74, 6) is 0. The highest BCUT2D eigenvalue weighted by atomic mass is 15.4. The Morgan fingerprint density at radius 2 is 1.87 bits per heavy atom. The van der Waals surface area contributed by atoms with Crippen LogP contribution in [0.3, 0.4) is 0 Å². The Bertz CT molecular complexity index is 319. The highest BCUT2D eigenvalue weighted by Crippen LogP contribution is 2.07. The van der Waals surface area contributed by atoms with Crippen molar-refractivity contribution in [1.82, 2.24) is 15.1 Å². The molecular weight excluding hydrogens is 192 g/mol. The van der Waals surface area contributed by atoms with Crippen LogP contribution >= 0.6 is 0 Å². The number of rotatable bonds is 3. The van der Waals surface area contributed by atoms with Gasteiger partial charge in [0.2, 0.25) is 0 Å². The Hall–Kier alpha value is -1.65. The Balaban J connectivity index is 2.54. The van der Waals surface area contributed by atoms with Crippen LogP contribution in [0.15, 0.2) is 0 Å². The molecule has 1 aliphatic rings. The smallest absolute Gasteiger partial charge is 0.0888 e. The van der Waals surface area contributed by atoms with E-state index >= 15 is 0 Å². The molecule has 1 unspecified atom stereocenters. The van der Waals surface area contributed by atoms with Crippen LogP contribution in [0.1, 0.15) is 6.42 Å². The summed E-state index contributed by atoms with van der Waals surface area (Å²) in [6.45, 7) is 1.73. The first-order valence-corrected chi connectivity index (χ1v) is 4.62. The third kappa shape index (κ3) is 3.19. The highest BCUT2D eigenvalue weighted by Gasteiger charge is 2.25. The predicted molar refractivity (Wildman–Crippen MR) is 51.5 cm³/mol. The summed E-state index contributed by atoms with van der Waals surface area (Å²) < 4.78 is 0. The van der Waals surface area contributed by atoms with E-state index in [1.54, 1.807) is 0 Å². The molecule has 1 N–H and O–H groups in total. The molecule has 1 atom stereocenters. The van der Waals surface area contributed by atoms with E-state index < -0.39 is 0 Å². The normalized spacial score (nSPS) is 22.6. The molecule has 0 saturated carbocycles. The Morgan fingerprint density at radius 3 is 2.47 bits per heavy atom. The van der Waals surface area contributed by atoms with E-state index in [-0.39, 0.29) is 12.7 Å². The van der Waals surface area contributed by atoms with Crippen molar-refractivity contribution in [1.29, 1.82) is 15.8 Å². The molecule has 0 radical (unpaired) electrons. The van der Waals surface area contributed by atoms with Gasteiger partial charge in [0.1, 0.15) is 0 Å². The molecule has 78 valence electrons. The first-order valence-electron chi connectivity index (χ1n) is 4.62. The van der Waals surface area contributed by atoms with Crippen LogP contribution in [0.4, 0.5) is 0 Å². The van der Waals surface area contributed by atoms with Gasteiger partial charge in [0, 0.05) is 0 Å². The highest BCUT2D eigenvalue weighted by molar-refractivity contribution is 4.90. The van der Waals surface area contributed by atoms with Crippen LogP contribution < -0.4 is 5.32 Å². The van der Waals surface area contributed by atoms with E-state index in [2.05, 4.69) is 23.5 Å². The van der Waals surface area contributed by atoms with Gasteiger partial charge in [-0.1, -0.05) is 0 Å². The quantitative estimate of drug-likeness (QED) is 0.617. The zero-order valence-electron chi connectivity index (χ0n) is 8.35. The predicted octanol–water partition coefficient (Wildman–Crippen LogP) is -0.604. The van der Waals surface area contributed by atoms with Crippen LogP contribution in [0.25, 0.3) is 0 Å². The van der Waals surface area contributed by atoms with Crippen molar-refractivity contribution in [2.75, 3.05) is 26.4 Å². The van der Waals surface area contributed by atoms with E-state index in [4.69, 9.17) is 15.8 Å². The van der Waals surface area contributed by atoms with E-state index in [1.807, 2.05) is 9.80 Å². The van der Waals surface area contributed by atoms with Crippen molar-refractivity contribution in [3.8, 4) is 18.2 Å². The minimum absolute atomic E-state index is 0.0791. The lowest BCUT2D eigenvalue weighted by atomic mass is 10.3. The summed E-state index contributed by atoms with van der Waals surface area (Å²) in [6, 6.07) is 6.19. The lowest BCUT2D eigenvalue weighted by Gasteiger charge is -2.39. The fourth-order valence-corrected chi connectivity index (χ4v) is 1.51. The maximum Gasteiger partial charge on any atom is 0.0888 e. The van der Waals surface area contributed by atoms with Crippen molar-refractivity contribution >= 4 is 0 Å². The summed E-state index contributed by atoms with van der Waals surface area (Å²) in [5.41, 5.74) is 0. The topological polar surface area (TPSA) is 89.9 Å². The summed E-state index contributed by atoms with van der Waals surface area (Å²) >= 11 is 0. The monoisotopic (exact) mass is 204 g/mol. The molecule has 1 saturated heterocycles. The molecule has 15 heavy (non-hydrogen) atoms. The molecule has 0 amide bonds. The molecule has 0 spiro atoms. The van der Waals surface area contributed by atoms with E-state index in [9.17, 15) is 0 Å². The van der Waals surface area contributed by atoms with Gasteiger partial charge in [-0.15, -0.1) is 0 Å². The number of nitrogens with one attached hydrogen (secondary N) is 1. The molecule has 0 aliphatic carbocycles. The van der Waals surface area contributed by atoms with Crippen LogP contribution in [0, 0.1) is 34.0 Å². The van der Waals surface area contributed by atoms with Gasteiger partial charge in [-0.2, -0.15) is 15.8 Å². The van der Waals surface area contributed by atoms with Crippen molar-refractivity contribution in [3.05, 3.63) is 0 Å². The summed E-state index contributed by atoms with van der Waals surface area (Å²) in [7, 11) is 0. The molecule has 1 rings (SSSR count). The average molecular weight is 204 g/mol. The summed E-state index contributed by atoms with van der Waals surface area (Å²) in [6.07, 6.45) is 0.270. The molecule has 1 aliphatic heterocycles. The first-order chi connectivity index (χ1) is 7.31. The van der Waals surface area contributed by atoms with Gasteiger partial charge < -0.3 is 0 Å². The van der Waals surface area contributed by atoms with Gasteiger partial charge in [-0.3, -0.25) is 15.1 Å². The van der Waals surface area contributed by atoms with Crippen LogP contribution in [0.5, 0.6) is 0 Å². The van der Waals surface area contributed by atoms with Crippen molar-refractivity contribution < 1.29 is 0 Å². The minimum Gasteiger partial charge on any atom is -0.288 e. The van der Waals surface area contributed by atoms with E-state index in [0.717, 1.165) is 0 Å². The van der Waals surface area contributed by atoms with Gasteiger partial charge >= 0.3 is 0 Å². The second-order valence-corrected chi connectivity index (χ2v) is 3.27. The number of nitrogens with zero attached hydrogens (tertiary/aromatic N) is 5. The van der Waals surface area contributed by atoms with Crippen molar-refractivity contribution in [2.24, 2.45) is 0 Å². The van der Waals surface area contributed by atoms with Crippen LogP contribution in [0.2, 0.25) is 0 Å². The molecule has 6 heteroatoms. The molecule has 6 nitrogen and oxygen atoms in total. The Morgan fingerprint density at radius 1 is 1.13 bits per heavy atom. The Kier molecular flexibility index (Phi) is 4.53. The molecule has 1 heterocycles. The third-order valence-corrected chi connectivity index (χ3v) is 2.23. The van der Waals surface area contributed by atoms with E-state index in [1.165, 1.54) is 0 Å². The molecular formula is C9H12N6. The zero-order chi connectivity index (χ0) is 11.1. The molecule has 0 aromatic carbocycles.